The van der Waals surface area contributed by atoms with Gasteiger partial charge in [0.2, 0.25) is 0 Å². The van der Waals surface area contributed by atoms with Crippen molar-refractivity contribution in [2.75, 3.05) is 13.2 Å². The third-order valence-corrected chi connectivity index (χ3v) is 4.22. The van der Waals surface area contributed by atoms with Crippen molar-refractivity contribution in [2.24, 2.45) is 11.8 Å². The van der Waals surface area contributed by atoms with Crippen molar-refractivity contribution in [1.29, 1.82) is 0 Å². The highest BCUT2D eigenvalue weighted by molar-refractivity contribution is 6.02. The van der Waals surface area contributed by atoms with E-state index in [1.807, 2.05) is 0 Å². The van der Waals surface area contributed by atoms with Gasteiger partial charge in [0.05, 0.1) is 36.9 Å². The van der Waals surface area contributed by atoms with Crippen molar-refractivity contribution in [3.63, 3.8) is 0 Å². The molecule has 4 atom stereocenters. The third-order valence-electron chi connectivity index (χ3n) is 4.22. The van der Waals surface area contributed by atoms with Crippen molar-refractivity contribution < 1.29 is 33.4 Å². The molecule has 1 heterocycles. The number of carbonyl (C=O) groups is 3. The first-order valence-corrected chi connectivity index (χ1v) is 7.95. The highest BCUT2D eigenvalue weighted by atomic mass is 16.5. The second-order valence-electron chi connectivity index (χ2n) is 6.00. The van der Waals surface area contributed by atoms with E-state index in [2.05, 4.69) is 0 Å². The molecule has 0 aliphatic heterocycles. The average Bonchev–Trinajstić information content (AvgIpc) is 2.99. The number of furan rings is 1. The molecule has 0 saturated heterocycles. The lowest BCUT2D eigenvalue weighted by atomic mass is 9.63. The standard InChI is InChI=1S/C17H22O7/c1-4-22-15(19)12-10(18)9-17(3,21)14(16(20)23-5-2)13(12)11-7-6-8-24-11/h6-8,12-14,21H,4-5,9H2,1-3H3/t12-,13-,14-,17-/m1/s1. The number of hydrogen-bond donors (Lipinski definition) is 1. The Morgan fingerprint density at radius 1 is 1.29 bits per heavy atom. The van der Waals surface area contributed by atoms with Gasteiger partial charge in [-0.3, -0.25) is 14.4 Å². The van der Waals surface area contributed by atoms with E-state index in [1.54, 1.807) is 26.0 Å². The second-order valence-corrected chi connectivity index (χ2v) is 6.00. The number of ketones is 1. The minimum Gasteiger partial charge on any atom is -0.469 e. The number of ether oxygens (including phenoxy) is 2. The zero-order valence-electron chi connectivity index (χ0n) is 14.0. The lowest BCUT2D eigenvalue weighted by molar-refractivity contribution is -0.173. The van der Waals surface area contributed by atoms with E-state index in [-0.39, 0.29) is 25.4 Å². The maximum absolute atomic E-state index is 12.5. The first kappa shape index (κ1) is 18.2. The van der Waals surface area contributed by atoms with Gasteiger partial charge in [0.15, 0.2) is 5.78 Å². The van der Waals surface area contributed by atoms with E-state index in [0.717, 1.165) is 0 Å². The van der Waals surface area contributed by atoms with Crippen LogP contribution in [-0.4, -0.2) is 41.6 Å². The summed E-state index contributed by atoms with van der Waals surface area (Å²) in [5.74, 6) is -4.94. The number of hydrogen-bond acceptors (Lipinski definition) is 7. The molecule has 0 bridgehead atoms. The molecule has 0 aromatic carbocycles. The summed E-state index contributed by atoms with van der Waals surface area (Å²) in [4.78, 5) is 37.3. The molecule has 1 aromatic heterocycles. The lowest BCUT2D eigenvalue weighted by Crippen LogP contribution is -2.55. The van der Waals surface area contributed by atoms with Crippen LogP contribution in [0.1, 0.15) is 38.9 Å². The van der Waals surface area contributed by atoms with E-state index in [1.165, 1.54) is 13.2 Å². The summed E-state index contributed by atoms with van der Waals surface area (Å²) >= 11 is 0. The number of esters is 2. The molecule has 0 spiro atoms. The van der Waals surface area contributed by atoms with Crippen LogP contribution in [0.3, 0.4) is 0 Å². The Bertz CT molecular complexity index is 602. The predicted octanol–water partition coefficient (Wildman–Crippen LogP) is 1.45. The monoisotopic (exact) mass is 338 g/mol. The molecule has 1 saturated carbocycles. The minimum absolute atomic E-state index is 0.105. The van der Waals surface area contributed by atoms with Crippen LogP contribution in [0.4, 0.5) is 0 Å². The molecule has 7 heteroatoms. The zero-order chi connectivity index (χ0) is 17.9. The van der Waals surface area contributed by atoms with Gasteiger partial charge in [-0.1, -0.05) is 0 Å². The fraction of sp³-hybridized carbons (Fsp3) is 0.588. The summed E-state index contributed by atoms with van der Waals surface area (Å²) < 4.78 is 15.4. The summed E-state index contributed by atoms with van der Waals surface area (Å²) in [6.45, 7) is 4.89. The first-order valence-electron chi connectivity index (χ1n) is 7.95. The number of rotatable bonds is 5. The smallest absolute Gasteiger partial charge is 0.317 e. The van der Waals surface area contributed by atoms with Gasteiger partial charge < -0.3 is 19.0 Å². The van der Waals surface area contributed by atoms with Crippen LogP contribution in [-0.2, 0) is 23.9 Å². The van der Waals surface area contributed by atoms with Gasteiger partial charge in [-0.15, -0.1) is 0 Å². The first-order chi connectivity index (χ1) is 11.3. The average molecular weight is 338 g/mol. The molecule has 1 fully saturated rings. The Hall–Kier alpha value is -2.15. The highest BCUT2D eigenvalue weighted by Crippen LogP contribution is 2.46. The summed E-state index contributed by atoms with van der Waals surface area (Å²) in [5.41, 5.74) is -1.65. The zero-order valence-corrected chi connectivity index (χ0v) is 14.0. The SMILES string of the molecule is CCOC(=O)[C@@H]1C(=O)C[C@@](C)(O)[C@@H](C(=O)OCC)[C@@H]1c1ccco1. The molecule has 0 radical (unpaired) electrons. The van der Waals surface area contributed by atoms with E-state index in [4.69, 9.17) is 13.9 Å². The van der Waals surface area contributed by atoms with Crippen molar-refractivity contribution in [1.82, 2.24) is 0 Å². The molecule has 24 heavy (non-hydrogen) atoms. The third kappa shape index (κ3) is 3.36. The van der Waals surface area contributed by atoms with Crippen molar-refractivity contribution in [3.05, 3.63) is 24.2 Å². The van der Waals surface area contributed by atoms with Crippen LogP contribution in [0, 0.1) is 11.8 Å². The summed E-state index contributed by atoms with van der Waals surface area (Å²) in [7, 11) is 0. The molecule has 1 N–H and O–H groups in total. The van der Waals surface area contributed by atoms with E-state index < -0.39 is 41.1 Å². The Kier molecular flexibility index (Phi) is 5.43. The molecule has 1 aromatic rings. The Labute approximate surface area is 139 Å². The van der Waals surface area contributed by atoms with Crippen LogP contribution in [0.5, 0.6) is 0 Å². The van der Waals surface area contributed by atoms with Gasteiger partial charge in [0.1, 0.15) is 11.7 Å². The Balaban J connectivity index is 2.53. The maximum Gasteiger partial charge on any atom is 0.317 e. The van der Waals surface area contributed by atoms with Gasteiger partial charge in [-0.05, 0) is 32.9 Å². The number of Topliss-reactive ketones (excluding diaryl/α,β-unsaturated/α-hetero) is 1. The molecule has 1 aliphatic carbocycles. The van der Waals surface area contributed by atoms with Gasteiger partial charge >= 0.3 is 11.9 Å². The molecule has 7 nitrogen and oxygen atoms in total. The van der Waals surface area contributed by atoms with Crippen LogP contribution in [0.15, 0.2) is 22.8 Å². The minimum atomic E-state index is -1.65. The van der Waals surface area contributed by atoms with E-state index in [0.29, 0.717) is 0 Å². The van der Waals surface area contributed by atoms with Gasteiger partial charge in [0.25, 0.3) is 0 Å². The van der Waals surface area contributed by atoms with Crippen LogP contribution >= 0.6 is 0 Å². The lowest BCUT2D eigenvalue weighted by Gasteiger charge is -2.42. The van der Waals surface area contributed by atoms with Crippen molar-refractivity contribution >= 4 is 17.7 Å². The fourth-order valence-corrected chi connectivity index (χ4v) is 3.30. The summed E-state index contributed by atoms with van der Waals surface area (Å²) in [6, 6.07) is 3.16. The van der Waals surface area contributed by atoms with Crippen LogP contribution < -0.4 is 0 Å². The summed E-state index contributed by atoms with van der Waals surface area (Å²) in [6.07, 6.45) is 1.05. The molecular weight excluding hydrogens is 316 g/mol. The van der Waals surface area contributed by atoms with E-state index >= 15 is 0 Å². The molecule has 2 rings (SSSR count). The van der Waals surface area contributed by atoms with Crippen LogP contribution in [0.25, 0.3) is 0 Å². The van der Waals surface area contributed by atoms with E-state index in [9.17, 15) is 19.5 Å². The Morgan fingerprint density at radius 3 is 2.46 bits per heavy atom. The van der Waals surface area contributed by atoms with Crippen molar-refractivity contribution in [3.8, 4) is 0 Å². The second kappa shape index (κ2) is 7.17. The van der Waals surface area contributed by atoms with Crippen LogP contribution in [0.2, 0.25) is 0 Å². The molecule has 0 unspecified atom stereocenters. The van der Waals surface area contributed by atoms with Crippen molar-refractivity contribution in [2.45, 2.75) is 38.7 Å². The van der Waals surface area contributed by atoms with Gasteiger partial charge in [-0.25, -0.2) is 0 Å². The number of carbonyl (C=O) groups excluding carboxylic acids is 3. The molecule has 1 aliphatic rings. The fourth-order valence-electron chi connectivity index (χ4n) is 3.30. The maximum atomic E-state index is 12.5. The topological polar surface area (TPSA) is 103 Å². The van der Waals surface area contributed by atoms with Gasteiger partial charge in [0, 0.05) is 6.42 Å². The van der Waals surface area contributed by atoms with Gasteiger partial charge in [-0.2, -0.15) is 0 Å². The Morgan fingerprint density at radius 2 is 1.92 bits per heavy atom. The largest absolute Gasteiger partial charge is 0.469 e. The highest BCUT2D eigenvalue weighted by Gasteiger charge is 2.58. The molecule has 0 amide bonds. The molecular formula is C17H22O7. The quantitative estimate of drug-likeness (QED) is 0.640. The normalized spacial score (nSPS) is 30.0. The predicted molar refractivity (Wildman–Crippen MR) is 81.9 cm³/mol. The summed E-state index contributed by atoms with van der Waals surface area (Å²) in [5, 5.41) is 10.7. The number of aliphatic hydroxyl groups is 1. The molecule has 132 valence electrons.